The van der Waals surface area contributed by atoms with E-state index in [1.54, 1.807) is 0 Å². The fourth-order valence-corrected chi connectivity index (χ4v) is 3.22. The van der Waals surface area contributed by atoms with Crippen LogP contribution in [0.2, 0.25) is 0 Å². The summed E-state index contributed by atoms with van der Waals surface area (Å²) >= 11 is 0. The summed E-state index contributed by atoms with van der Waals surface area (Å²) in [4.78, 5) is 2.35. The van der Waals surface area contributed by atoms with Crippen molar-refractivity contribution in [3.8, 4) is 11.3 Å². The fraction of sp³-hybridized carbons (Fsp3) is 0.353. The Morgan fingerprint density at radius 1 is 1.00 bits per heavy atom. The minimum absolute atomic E-state index is 0.976. The Labute approximate surface area is 129 Å². The molecule has 1 aliphatic heterocycles. The van der Waals surface area contributed by atoms with Gasteiger partial charge in [0.15, 0.2) is 5.82 Å². The van der Waals surface area contributed by atoms with Gasteiger partial charge in [0.1, 0.15) is 5.69 Å². The van der Waals surface area contributed by atoms with Crippen molar-refractivity contribution < 1.29 is 0 Å². The van der Waals surface area contributed by atoms with Crippen LogP contribution in [0.25, 0.3) is 22.2 Å². The molecule has 0 saturated carbocycles. The molecule has 1 aliphatic rings. The van der Waals surface area contributed by atoms with Crippen LogP contribution in [0.3, 0.4) is 0 Å². The van der Waals surface area contributed by atoms with E-state index in [4.69, 9.17) is 5.10 Å². The predicted octanol–water partition coefficient (Wildman–Crippen LogP) is 3.02. The van der Waals surface area contributed by atoms with Crippen LogP contribution in [-0.4, -0.2) is 33.1 Å². The van der Waals surface area contributed by atoms with Crippen molar-refractivity contribution in [3.63, 3.8) is 0 Å². The molecule has 2 aromatic heterocycles. The minimum atomic E-state index is 0.976. The summed E-state index contributed by atoms with van der Waals surface area (Å²) in [5, 5.41) is 14.5. The molecule has 22 heavy (non-hydrogen) atoms. The lowest BCUT2D eigenvalue weighted by Crippen LogP contribution is -2.30. The third-order valence-corrected chi connectivity index (χ3v) is 4.35. The van der Waals surface area contributed by atoms with E-state index in [9.17, 15) is 0 Å². The number of aryl methyl sites for hydroxylation is 1. The molecular weight excluding hydrogens is 274 g/mol. The molecule has 0 amide bonds. The fourth-order valence-electron chi connectivity index (χ4n) is 3.22. The van der Waals surface area contributed by atoms with Crippen LogP contribution in [0, 0.1) is 0 Å². The highest BCUT2D eigenvalue weighted by Crippen LogP contribution is 2.34. The number of aromatic nitrogens is 4. The number of anilines is 1. The van der Waals surface area contributed by atoms with Gasteiger partial charge in [0, 0.05) is 25.7 Å². The van der Waals surface area contributed by atoms with E-state index in [0.717, 1.165) is 41.1 Å². The highest BCUT2D eigenvalue weighted by atomic mass is 15.3. The summed E-state index contributed by atoms with van der Waals surface area (Å²) in [5.41, 5.74) is 3.15. The lowest BCUT2D eigenvalue weighted by molar-refractivity contribution is 0.573. The first kappa shape index (κ1) is 13.2. The third kappa shape index (κ3) is 2.13. The summed E-state index contributed by atoms with van der Waals surface area (Å²) in [7, 11) is 1.97. The van der Waals surface area contributed by atoms with E-state index < -0.39 is 0 Å². The normalized spacial score (nSPS) is 15.4. The van der Waals surface area contributed by atoms with Crippen LogP contribution in [0.4, 0.5) is 5.82 Å². The van der Waals surface area contributed by atoms with Crippen molar-refractivity contribution in [1.29, 1.82) is 0 Å². The summed E-state index contributed by atoms with van der Waals surface area (Å²) < 4.78 is 1.90. The number of fused-ring (bicyclic) bond motifs is 1. The van der Waals surface area contributed by atoms with Gasteiger partial charge in [-0.2, -0.15) is 10.2 Å². The number of benzene rings is 1. The van der Waals surface area contributed by atoms with Crippen LogP contribution in [-0.2, 0) is 7.05 Å². The molecule has 5 heteroatoms. The lowest BCUT2D eigenvalue weighted by atomic mass is 10.1. The second kappa shape index (κ2) is 5.40. The molecule has 1 aromatic carbocycles. The average molecular weight is 293 g/mol. The highest BCUT2D eigenvalue weighted by Gasteiger charge is 2.21. The maximum absolute atomic E-state index is 4.73. The molecule has 0 unspecified atom stereocenters. The van der Waals surface area contributed by atoms with E-state index in [1.807, 2.05) is 36.1 Å². The molecule has 112 valence electrons. The van der Waals surface area contributed by atoms with Crippen LogP contribution in [0.1, 0.15) is 19.3 Å². The standard InChI is InChI=1S/C17H19N5/c1-21-14-12-18-19-17(22-10-6-3-7-11-22)15(14)16(20-21)13-8-4-2-5-9-13/h2,4-5,8-9,12H,3,6-7,10-11H2,1H3. The molecule has 3 heterocycles. The molecule has 0 aliphatic carbocycles. The first-order chi connectivity index (χ1) is 10.8. The maximum atomic E-state index is 4.73. The van der Waals surface area contributed by atoms with Crippen LogP contribution in [0.15, 0.2) is 36.5 Å². The number of hydrogen-bond donors (Lipinski definition) is 0. The van der Waals surface area contributed by atoms with Crippen LogP contribution >= 0.6 is 0 Å². The molecule has 0 spiro atoms. The molecule has 1 fully saturated rings. The number of hydrogen-bond acceptors (Lipinski definition) is 4. The number of rotatable bonds is 2. The molecular formula is C17H19N5. The predicted molar refractivity (Wildman–Crippen MR) is 87.8 cm³/mol. The average Bonchev–Trinajstić information content (AvgIpc) is 2.94. The van der Waals surface area contributed by atoms with E-state index in [-0.39, 0.29) is 0 Å². The molecule has 5 nitrogen and oxygen atoms in total. The quantitative estimate of drug-likeness (QED) is 0.728. The Balaban J connectivity index is 1.94. The van der Waals surface area contributed by atoms with Gasteiger partial charge in [0.05, 0.1) is 17.1 Å². The van der Waals surface area contributed by atoms with E-state index in [0.29, 0.717) is 0 Å². The minimum Gasteiger partial charge on any atom is -0.355 e. The van der Waals surface area contributed by atoms with Gasteiger partial charge in [0.2, 0.25) is 0 Å². The zero-order valence-corrected chi connectivity index (χ0v) is 12.7. The topological polar surface area (TPSA) is 46.8 Å². The second-order valence-corrected chi connectivity index (χ2v) is 5.81. The monoisotopic (exact) mass is 293 g/mol. The van der Waals surface area contributed by atoms with Crippen molar-refractivity contribution in [1.82, 2.24) is 20.0 Å². The Morgan fingerprint density at radius 3 is 2.55 bits per heavy atom. The largest absolute Gasteiger partial charge is 0.355 e. The zero-order valence-electron chi connectivity index (χ0n) is 12.7. The van der Waals surface area contributed by atoms with Crippen molar-refractivity contribution in [3.05, 3.63) is 36.5 Å². The summed E-state index contributed by atoms with van der Waals surface area (Å²) in [6, 6.07) is 10.3. The van der Waals surface area contributed by atoms with E-state index in [1.165, 1.54) is 19.3 Å². The summed E-state index contributed by atoms with van der Waals surface area (Å²) in [6.45, 7) is 2.10. The van der Waals surface area contributed by atoms with Crippen molar-refractivity contribution >= 4 is 16.7 Å². The van der Waals surface area contributed by atoms with Crippen LogP contribution in [0.5, 0.6) is 0 Å². The Morgan fingerprint density at radius 2 is 1.77 bits per heavy atom. The van der Waals surface area contributed by atoms with Crippen LogP contribution < -0.4 is 4.90 Å². The third-order valence-electron chi connectivity index (χ3n) is 4.35. The molecule has 0 bridgehead atoms. The zero-order chi connectivity index (χ0) is 14.9. The van der Waals surface area contributed by atoms with Crippen molar-refractivity contribution in [2.45, 2.75) is 19.3 Å². The molecule has 0 radical (unpaired) electrons. The molecule has 0 atom stereocenters. The van der Waals surface area contributed by atoms with E-state index in [2.05, 4.69) is 27.2 Å². The molecule has 0 N–H and O–H groups in total. The van der Waals surface area contributed by atoms with Gasteiger partial charge in [-0.15, -0.1) is 5.10 Å². The van der Waals surface area contributed by atoms with E-state index >= 15 is 0 Å². The van der Waals surface area contributed by atoms with Gasteiger partial charge < -0.3 is 4.90 Å². The van der Waals surface area contributed by atoms with Gasteiger partial charge in [0.25, 0.3) is 0 Å². The number of nitrogens with zero attached hydrogens (tertiary/aromatic N) is 5. The second-order valence-electron chi connectivity index (χ2n) is 5.81. The summed E-state index contributed by atoms with van der Waals surface area (Å²) in [5.74, 6) is 0.976. The Hall–Kier alpha value is -2.43. The highest BCUT2D eigenvalue weighted by molar-refractivity contribution is 6.00. The smallest absolute Gasteiger partial charge is 0.163 e. The van der Waals surface area contributed by atoms with Gasteiger partial charge >= 0.3 is 0 Å². The first-order valence-corrected chi connectivity index (χ1v) is 7.83. The number of piperidine rings is 1. The molecule has 4 rings (SSSR count). The Bertz CT molecular complexity index is 787. The first-order valence-electron chi connectivity index (χ1n) is 7.83. The molecule has 3 aromatic rings. The summed E-state index contributed by atoms with van der Waals surface area (Å²) in [6.07, 6.45) is 5.55. The maximum Gasteiger partial charge on any atom is 0.163 e. The van der Waals surface area contributed by atoms with Gasteiger partial charge in [-0.25, -0.2) is 0 Å². The van der Waals surface area contributed by atoms with Crippen molar-refractivity contribution in [2.75, 3.05) is 18.0 Å². The van der Waals surface area contributed by atoms with Gasteiger partial charge in [-0.1, -0.05) is 30.3 Å². The van der Waals surface area contributed by atoms with Crippen molar-refractivity contribution in [2.24, 2.45) is 7.05 Å². The van der Waals surface area contributed by atoms with Gasteiger partial charge in [-0.05, 0) is 19.3 Å². The van der Waals surface area contributed by atoms with Gasteiger partial charge in [-0.3, -0.25) is 4.68 Å². The Kier molecular flexibility index (Phi) is 3.25. The SMILES string of the molecule is Cn1nc(-c2ccccc2)c2c(N3CCCCC3)nncc21. The lowest BCUT2D eigenvalue weighted by Gasteiger charge is -2.27. The molecule has 1 saturated heterocycles.